The van der Waals surface area contributed by atoms with E-state index >= 15 is 0 Å². The van der Waals surface area contributed by atoms with E-state index in [1.54, 1.807) is 0 Å². The number of piperidine rings is 1. The van der Waals surface area contributed by atoms with Gasteiger partial charge in [-0.25, -0.2) is 0 Å². The van der Waals surface area contributed by atoms with Crippen LogP contribution >= 0.6 is 0 Å². The number of aliphatic carboxylic acids is 1. The van der Waals surface area contributed by atoms with Gasteiger partial charge in [0, 0.05) is 19.0 Å². The number of carboxylic acid groups (broad SMARTS) is 1. The monoisotopic (exact) mass is 267 g/mol. The number of hydrogen-bond donors (Lipinski definition) is 1. The van der Waals surface area contributed by atoms with E-state index in [9.17, 15) is 4.79 Å². The minimum Gasteiger partial charge on any atom is -0.481 e. The standard InChI is InChI=1S/C16H29NO2/c1-3-13-6-7-15(10-13)17-8-4-5-14(11-17)12(2)9-16(18)19/h12-15H,3-11H2,1-2H3,(H,18,19). The lowest BCUT2D eigenvalue weighted by Gasteiger charge is -2.39. The van der Waals surface area contributed by atoms with E-state index in [4.69, 9.17) is 5.11 Å². The van der Waals surface area contributed by atoms with Crippen LogP contribution in [-0.2, 0) is 4.79 Å². The number of rotatable bonds is 5. The van der Waals surface area contributed by atoms with Crippen molar-refractivity contribution in [3.8, 4) is 0 Å². The van der Waals surface area contributed by atoms with Gasteiger partial charge < -0.3 is 10.0 Å². The van der Waals surface area contributed by atoms with E-state index in [-0.39, 0.29) is 0 Å². The highest BCUT2D eigenvalue weighted by atomic mass is 16.4. The predicted molar refractivity (Wildman–Crippen MR) is 77.1 cm³/mol. The maximum Gasteiger partial charge on any atom is 0.303 e. The second-order valence-electron chi connectivity index (χ2n) is 6.71. The molecule has 0 aromatic carbocycles. The Labute approximate surface area is 117 Å². The van der Waals surface area contributed by atoms with Gasteiger partial charge in [-0.15, -0.1) is 0 Å². The van der Waals surface area contributed by atoms with E-state index in [0.29, 0.717) is 18.3 Å². The molecule has 0 amide bonds. The number of nitrogens with zero attached hydrogens (tertiary/aromatic N) is 1. The van der Waals surface area contributed by atoms with Crippen LogP contribution in [0.4, 0.5) is 0 Å². The highest BCUT2D eigenvalue weighted by Crippen LogP contribution is 2.35. The van der Waals surface area contributed by atoms with Gasteiger partial charge >= 0.3 is 5.97 Å². The number of carboxylic acids is 1. The molecule has 4 unspecified atom stereocenters. The van der Waals surface area contributed by atoms with E-state index in [1.807, 2.05) is 0 Å². The van der Waals surface area contributed by atoms with Crippen molar-refractivity contribution < 1.29 is 9.90 Å². The Balaban J connectivity index is 1.85. The Hall–Kier alpha value is -0.570. The van der Waals surface area contributed by atoms with Crippen molar-refractivity contribution in [2.45, 2.75) is 64.8 Å². The molecule has 1 aliphatic carbocycles. The molecule has 1 heterocycles. The zero-order valence-corrected chi connectivity index (χ0v) is 12.5. The molecule has 110 valence electrons. The molecule has 1 saturated carbocycles. The smallest absolute Gasteiger partial charge is 0.303 e. The summed E-state index contributed by atoms with van der Waals surface area (Å²) in [6.07, 6.45) is 8.25. The molecule has 0 bridgehead atoms. The lowest BCUT2D eigenvalue weighted by atomic mass is 9.84. The summed E-state index contributed by atoms with van der Waals surface area (Å²) >= 11 is 0. The minimum absolute atomic E-state index is 0.323. The molecule has 3 heteroatoms. The third-order valence-electron chi connectivity index (χ3n) is 5.40. The van der Waals surface area contributed by atoms with Crippen LogP contribution in [-0.4, -0.2) is 35.1 Å². The Morgan fingerprint density at radius 3 is 2.79 bits per heavy atom. The average Bonchev–Trinajstić information content (AvgIpc) is 2.87. The summed E-state index contributed by atoms with van der Waals surface area (Å²) in [5.74, 6) is 1.20. The molecule has 4 atom stereocenters. The first-order valence-corrected chi connectivity index (χ1v) is 8.06. The molecule has 2 rings (SSSR count). The maximum atomic E-state index is 10.9. The van der Waals surface area contributed by atoms with Gasteiger partial charge in [0.25, 0.3) is 0 Å². The van der Waals surface area contributed by atoms with E-state index < -0.39 is 5.97 Å². The highest BCUT2D eigenvalue weighted by Gasteiger charge is 2.33. The van der Waals surface area contributed by atoms with Crippen molar-refractivity contribution in [2.75, 3.05) is 13.1 Å². The summed E-state index contributed by atoms with van der Waals surface area (Å²) in [5, 5.41) is 8.94. The van der Waals surface area contributed by atoms with E-state index in [1.165, 1.54) is 45.1 Å². The van der Waals surface area contributed by atoms with E-state index in [2.05, 4.69) is 18.7 Å². The Morgan fingerprint density at radius 1 is 1.37 bits per heavy atom. The second-order valence-corrected chi connectivity index (χ2v) is 6.71. The molecule has 1 saturated heterocycles. The van der Waals surface area contributed by atoms with Crippen LogP contribution in [0.5, 0.6) is 0 Å². The summed E-state index contributed by atoms with van der Waals surface area (Å²) in [4.78, 5) is 13.5. The molecular formula is C16H29NO2. The van der Waals surface area contributed by atoms with Gasteiger partial charge in [-0.05, 0) is 56.4 Å². The fourth-order valence-corrected chi connectivity index (χ4v) is 4.03. The minimum atomic E-state index is -0.642. The summed E-state index contributed by atoms with van der Waals surface area (Å²) < 4.78 is 0. The first-order valence-electron chi connectivity index (χ1n) is 8.06. The molecule has 3 nitrogen and oxygen atoms in total. The van der Waals surface area contributed by atoms with Crippen molar-refractivity contribution in [3.05, 3.63) is 0 Å². The van der Waals surface area contributed by atoms with Crippen LogP contribution in [0.2, 0.25) is 0 Å². The number of likely N-dealkylation sites (tertiary alicyclic amines) is 1. The highest BCUT2D eigenvalue weighted by molar-refractivity contribution is 5.67. The summed E-state index contributed by atoms with van der Waals surface area (Å²) in [6, 6.07) is 0.782. The van der Waals surface area contributed by atoms with Gasteiger partial charge in [-0.2, -0.15) is 0 Å². The summed E-state index contributed by atoms with van der Waals surface area (Å²) in [5.41, 5.74) is 0. The normalized spacial score (nSPS) is 34.3. The molecule has 0 aromatic heterocycles. The molecule has 19 heavy (non-hydrogen) atoms. The quantitative estimate of drug-likeness (QED) is 0.830. The third-order valence-corrected chi connectivity index (χ3v) is 5.40. The lowest BCUT2D eigenvalue weighted by Crippen LogP contribution is -2.43. The van der Waals surface area contributed by atoms with E-state index in [0.717, 1.165) is 18.5 Å². The van der Waals surface area contributed by atoms with Crippen LogP contribution < -0.4 is 0 Å². The second kappa shape index (κ2) is 6.74. The lowest BCUT2D eigenvalue weighted by molar-refractivity contribution is -0.138. The van der Waals surface area contributed by atoms with Gasteiger partial charge in [0.05, 0.1) is 0 Å². The van der Waals surface area contributed by atoms with Crippen LogP contribution in [0.15, 0.2) is 0 Å². The number of hydrogen-bond acceptors (Lipinski definition) is 2. The first-order chi connectivity index (χ1) is 9.10. The van der Waals surface area contributed by atoms with Crippen molar-refractivity contribution in [2.24, 2.45) is 17.8 Å². The van der Waals surface area contributed by atoms with Crippen molar-refractivity contribution >= 4 is 5.97 Å². The molecule has 0 aromatic rings. The van der Waals surface area contributed by atoms with Gasteiger partial charge in [0.15, 0.2) is 0 Å². The molecular weight excluding hydrogens is 238 g/mol. The van der Waals surface area contributed by atoms with Crippen molar-refractivity contribution in [1.82, 2.24) is 4.90 Å². The molecule has 0 radical (unpaired) electrons. The molecule has 1 N–H and O–H groups in total. The van der Waals surface area contributed by atoms with Gasteiger partial charge in [0.2, 0.25) is 0 Å². The fourth-order valence-electron chi connectivity index (χ4n) is 4.03. The SMILES string of the molecule is CCC1CCC(N2CCCC(C(C)CC(=O)O)C2)C1. The topological polar surface area (TPSA) is 40.5 Å². The Kier molecular flexibility index (Phi) is 5.26. The number of carbonyl (C=O) groups is 1. The van der Waals surface area contributed by atoms with Crippen molar-refractivity contribution in [3.63, 3.8) is 0 Å². The zero-order valence-electron chi connectivity index (χ0n) is 12.5. The first kappa shape index (κ1) is 14.8. The predicted octanol–water partition coefficient (Wildman–Crippen LogP) is 3.39. The Bertz CT molecular complexity index is 305. The molecule has 1 aliphatic heterocycles. The summed E-state index contributed by atoms with van der Waals surface area (Å²) in [6.45, 7) is 6.79. The summed E-state index contributed by atoms with van der Waals surface area (Å²) in [7, 11) is 0. The van der Waals surface area contributed by atoms with Crippen LogP contribution in [0.3, 0.4) is 0 Å². The van der Waals surface area contributed by atoms with Crippen molar-refractivity contribution in [1.29, 1.82) is 0 Å². The zero-order chi connectivity index (χ0) is 13.8. The largest absolute Gasteiger partial charge is 0.481 e. The molecule has 2 aliphatic rings. The fraction of sp³-hybridized carbons (Fsp3) is 0.938. The third kappa shape index (κ3) is 3.95. The van der Waals surface area contributed by atoms with Gasteiger partial charge in [-0.3, -0.25) is 4.79 Å². The van der Waals surface area contributed by atoms with Crippen LogP contribution in [0.1, 0.15) is 58.8 Å². The molecule has 0 spiro atoms. The maximum absolute atomic E-state index is 10.9. The van der Waals surface area contributed by atoms with Gasteiger partial charge in [-0.1, -0.05) is 20.3 Å². The van der Waals surface area contributed by atoms with Crippen LogP contribution in [0.25, 0.3) is 0 Å². The Morgan fingerprint density at radius 2 is 2.16 bits per heavy atom. The molecule has 2 fully saturated rings. The van der Waals surface area contributed by atoms with Gasteiger partial charge in [0.1, 0.15) is 0 Å². The average molecular weight is 267 g/mol. The van der Waals surface area contributed by atoms with Crippen LogP contribution in [0, 0.1) is 17.8 Å².